The van der Waals surface area contributed by atoms with Gasteiger partial charge in [0.2, 0.25) is 0 Å². The standard InChI is InChI=1S/C20H23Cl2NO2/c1-13(2)10-15-4-6-16(7-5-15)14(3)23-20(24)12-25-19-9-8-17(21)11-18(19)22/h4-9,11,13-14H,10,12H2,1-3H3,(H,23,24)/t14-/m0/s1. The summed E-state index contributed by atoms with van der Waals surface area (Å²) in [5.74, 6) is 0.858. The van der Waals surface area contributed by atoms with Gasteiger partial charge in [-0.3, -0.25) is 4.79 Å². The molecule has 2 aromatic carbocycles. The Labute approximate surface area is 159 Å². The molecular weight excluding hydrogens is 357 g/mol. The van der Waals surface area contributed by atoms with Crippen LogP contribution in [-0.2, 0) is 11.2 Å². The smallest absolute Gasteiger partial charge is 0.258 e. The van der Waals surface area contributed by atoms with Crippen molar-refractivity contribution in [2.75, 3.05) is 6.61 Å². The average Bonchev–Trinajstić information content (AvgIpc) is 2.54. The van der Waals surface area contributed by atoms with Gasteiger partial charge in [0.25, 0.3) is 5.91 Å². The van der Waals surface area contributed by atoms with Gasteiger partial charge in [0.1, 0.15) is 5.75 Å². The van der Waals surface area contributed by atoms with Gasteiger partial charge in [-0.1, -0.05) is 61.3 Å². The number of hydrogen-bond acceptors (Lipinski definition) is 2. The normalized spacial score (nSPS) is 12.1. The maximum Gasteiger partial charge on any atom is 0.258 e. The summed E-state index contributed by atoms with van der Waals surface area (Å²) in [6.07, 6.45) is 1.05. The molecule has 0 aliphatic carbocycles. The van der Waals surface area contributed by atoms with Crippen molar-refractivity contribution in [3.8, 4) is 5.75 Å². The predicted molar refractivity (Wildman–Crippen MR) is 103 cm³/mol. The molecule has 0 unspecified atom stereocenters. The number of halogens is 2. The second kappa shape index (κ2) is 9.12. The lowest BCUT2D eigenvalue weighted by atomic mass is 10.00. The van der Waals surface area contributed by atoms with Crippen LogP contribution in [0.3, 0.4) is 0 Å². The van der Waals surface area contributed by atoms with Crippen LogP contribution in [0.25, 0.3) is 0 Å². The zero-order valence-corrected chi connectivity index (χ0v) is 16.2. The lowest BCUT2D eigenvalue weighted by molar-refractivity contribution is -0.123. The van der Waals surface area contributed by atoms with Crippen molar-refractivity contribution >= 4 is 29.1 Å². The van der Waals surface area contributed by atoms with Gasteiger partial charge in [-0.25, -0.2) is 0 Å². The summed E-state index contributed by atoms with van der Waals surface area (Å²) in [5, 5.41) is 3.83. The van der Waals surface area contributed by atoms with Crippen molar-refractivity contribution in [2.24, 2.45) is 5.92 Å². The molecule has 2 rings (SSSR count). The van der Waals surface area contributed by atoms with E-state index in [1.54, 1.807) is 18.2 Å². The van der Waals surface area contributed by atoms with Gasteiger partial charge in [0.15, 0.2) is 6.61 Å². The van der Waals surface area contributed by atoms with Crippen LogP contribution in [0.5, 0.6) is 5.75 Å². The lowest BCUT2D eigenvalue weighted by Gasteiger charge is -2.16. The molecule has 0 fully saturated rings. The number of nitrogens with one attached hydrogen (secondary N) is 1. The third-order valence-electron chi connectivity index (χ3n) is 3.75. The Balaban J connectivity index is 1.87. The molecule has 2 aromatic rings. The highest BCUT2D eigenvalue weighted by Crippen LogP contribution is 2.27. The van der Waals surface area contributed by atoms with E-state index in [2.05, 4.69) is 43.4 Å². The minimum atomic E-state index is -0.204. The molecular formula is C20H23Cl2NO2. The molecule has 0 aliphatic heterocycles. The zero-order chi connectivity index (χ0) is 18.4. The zero-order valence-electron chi connectivity index (χ0n) is 14.7. The lowest BCUT2D eigenvalue weighted by Crippen LogP contribution is -2.31. The number of carbonyl (C=O) groups excluding carboxylic acids is 1. The summed E-state index contributed by atoms with van der Waals surface area (Å²) < 4.78 is 5.45. The summed E-state index contributed by atoms with van der Waals surface area (Å²) >= 11 is 11.9. The number of hydrogen-bond donors (Lipinski definition) is 1. The highest BCUT2D eigenvalue weighted by Gasteiger charge is 2.11. The summed E-state index contributed by atoms with van der Waals surface area (Å²) in [6, 6.07) is 13.1. The maximum atomic E-state index is 12.1. The first-order valence-electron chi connectivity index (χ1n) is 8.31. The molecule has 0 aliphatic rings. The van der Waals surface area contributed by atoms with Crippen LogP contribution in [0.1, 0.15) is 37.9 Å². The minimum Gasteiger partial charge on any atom is -0.482 e. The van der Waals surface area contributed by atoms with E-state index in [4.69, 9.17) is 27.9 Å². The summed E-state index contributed by atoms with van der Waals surface area (Å²) in [7, 11) is 0. The molecule has 134 valence electrons. The fourth-order valence-electron chi connectivity index (χ4n) is 2.52. The minimum absolute atomic E-state index is 0.0927. The number of carbonyl (C=O) groups is 1. The van der Waals surface area contributed by atoms with E-state index in [1.807, 2.05) is 6.92 Å². The third-order valence-corrected chi connectivity index (χ3v) is 4.28. The second-order valence-corrected chi connectivity index (χ2v) is 7.34. The molecule has 0 saturated heterocycles. The molecule has 5 heteroatoms. The maximum absolute atomic E-state index is 12.1. The highest BCUT2D eigenvalue weighted by molar-refractivity contribution is 6.35. The van der Waals surface area contributed by atoms with Crippen LogP contribution in [0.15, 0.2) is 42.5 Å². The predicted octanol–water partition coefficient (Wildman–Crippen LogP) is 5.45. The molecule has 1 amide bonds. The molecule has 0 bridgehead atoms. The van der Waals surface area contributed by atoms with Crippen molar-refractivity contribution in [1.29, 1.82) is 0 Å². The van der Waals surface area contributed by atoms with Gasteiger partial charge in [-0.05, 0) is 48.6 Å². The molecule has 1 atom stereocenters. The van der Waals surface area contributed by atoms with Crippen LogP contribution < -0.4 is 10.1 Å². The van der Waals surface area contributed by atoms with E-state index in [9.17, 15) is 4.79 Å². The Hall–Kier alpha value is -1.71. The van der Waals surface area contributed by atoms with Gasteiger partial charge < -0.3 is 10.1 Å². The van der Waals surface area contributed by atoms with Gasteiger partial charge in [0.05, 0.1) is 11.1 Å². The summed E-state index contributed by atoms with van der Waals surface area (Å²) in [4.78, 5) is 12.1. The van der Waals surface area contributed by atoms with Crippen molar-refractivity contribution < 1.29 is 9.53 Å². The van der Waals surface area contributed by atoms with E-state index in [0.717, 1.165) is 12.0 Å². The fourth-order valence-corrected chi connectivity index (χ4v) is 2.98. The van der Waals surface area contributed by atoms with Crippen LogP contribution in [0.2, 0.25) is 10.0 Å². The Kier molecular flexibility index (Phi) is 7.15. The van der Waals surface area contributed by atoms with Crippen molar-refractivity contribution in [3.63, 3.8) is 0 Å². The monoisotopic (exact) mass is 379 g/mol. The number of amides is 1. The Bertz CT molecular complexity index is 714. The largest absolute Gasteiger partial charge is 0.482 e. The Morgan fingerprint density at radius 2 is 1.76 bits per heavy atom. The third kappa shape index (κ3) is 6.26. The van der Waals surface area contributed by atoms with E-state index < -0.39 is 0 Å². The van der Waals surface area contributed by atoms with Crippen LogP contribution in [-0.4, -0.2) is 12.5 Å². The van der Waals surface area contributed by atoms with E-state index in [1.165, 1.54) is 5.56 Å². The van der Waals surface area contributed by atoms with Crippen LogP contribution >= 0.6 is 23.2 Å². The second-order valence-electron chi connectivity index (χ2n) is 6.49. The van der Waals surface area contributed by atoms with E-state index in [-0.39, 0.29) is 18.6 Å². The number of rotatable bonds is 7. The first-order chi connectivity index (χ1) is 11.8. The molecule has 0 spiro atoms. The SMILES string of the molecule is CC(C)Cc1ccc([C@H](C)NC(=O)COc2ccc(Cl)cc2Cl)cc1. The number of ether oxygens (including phenoxy) is 1. The first-order valence-corrected chi connectivity index (χ1v) is 9.06. The Morgan fingerprint density at radius 1 is 1.08 bits per heavy atom. The van der Waals surface area contributed by atoms with E-state index in [0.29, 0.717) is 21.7 Å². The first kappa shape index (κ1) is 19.6. The van der Waals surface area contributed by atoms with Crippen molar-refractivity contribution in [1.82, 2.24) is 5.32 Å². The van der Waals surface area contributed by atoms with Gasteiger partial charge in [0, 0.05) is 5.02 Å². The van der Waals surface area contributed by atoms with Gasteiger partial charge >= 0.3 is 0 Å². The van der Waals surface area contributed by atoms with Crippen LogP contribution in [0, 0.1) is 5.92 Å². The quantitative estimate of drug-likeness (QED) is 0.694. The van der Waals surface area contributed by atoms with Crippen molar-refractivity contribution in [2.45, 2.75) is 33.2 Å². The topological polar surface area (TPSA) is 38.3 Å². The molecule has 0 aromatic heterocycles. The number of benzene rings is 2. The fraction of sp³-hybridized carbons (Fsp3) is 0.350. The van der Waals surface area contributed by atoms with E-state index >= 15 is 0 Å². The highest BCUT2D eigenvalue weighted by atomic mass is 35.5. The van der Waals surface area contributed by atoms with Gasteiger partial charge in [-0.15, -0.1) is 0 Å². The molecule has 0 radical (unpaired) electrons. The van der Waals surface area contributed by atoms with Crippen molar-refractivity contribution in [3.05, 3.63) is 63.6 Å². The summed E-state index contributed by atoms with van der Waals surface area (Å²) in [6.45, 7) is 6.25. The molecule has 0 heterocycles. The molecule has 3 nitrogen and oxygen atoms in total. The van der Waals surface area contributed by atoms with Gasteiger partial charge in [-0.2, -0.15) is 0 Å². The van der Waals surface area contributed by atoms with Crippen LogP contribution in [0.4, 0.5) is 0 Å². The molecule has 1 N–H and O–H groups in total. The average molecular weight is 380 g/mol. The molecule has 25 heavy (non-hydrogen) atoms. The Morgan fingerprint density at radius 3 is 2.36 bits per heavy atom. The molecule has 0 saturated carbocycles. The summed E-state index contributed by atoms with van der Waals surface area (Å²) in [5.41, 5.74) is 2.36.